The van der Waals surface area contributed by atoms with Gasteiger partial charge in [-0.25, -0.2) is 4.39 Å². The Bertz CT molecular complexity index is 872. The molecule has 2 atom stereocenters. The Morgan fingerprint density at radius 3 is 2.27 bits per heavy atom. The SMILES string of the molecule is N#CC1=C(c2ccccc2)O[C@](O)(C(Cl)(Cl)Cl)C[C@@H]1c1ccc(F)cc1. The highest BCUT2D eigenvalue weighted by atomic mass is 35.6. The molecule has 0 saturated heterocycles. The molecule has 26 heavy (non-hydrogen) atoms. The summed E-state index contributed by atoms with van der Waals surface area (Å²) in [5, 5.41) is 20.6. The first-order valence-electron chi connectivity index (χ1n) is 7.68. The fourth-order valence-electron chi connectivity index (χ4n) is 2.89. The van der Waals surface area contributed by atoms with Gasteiger partial charge in [-0.05, 0) is 17.7 Å². The number of aliphatic hydroxyl groups is 1. The van der Waals surface area contributed by atoms with Crippen LogP contribution >= 0.6 is 34.8 Å². The average molecular weight is 413 g/mol. The number of alkyl halides is 3. The predicted octanol–water partition coefficient (Wildman–Crippen LogP) is 5.32. The molecule has 0 fully saturated rings. The Balaban J connectivity index is 2.20. The van der Waals surface area contributed by atoms with E-state index in [9.17, 15) is 14.8 Å². The van der Waals surface area contributed by atoms with Crippen molar-refractivity contribution >= 4 is 40.6 Å². The highest BCUT2D eigenvalue weighted by molar-refractivity contribution is 6.68. The van der Waals surface area contributed by atoms with E-state index in [0.717, 1.165) is 0 Å². The van der Waals surface area contributed by atoms with E-state index < -0.39 is 21.3 Å². The van der Waals surface area contributed by atoms with Crippen molar-refractivity contribution in [3.05, 3.63) is 77.1 Å². The third-order valence-electron chi connectivity index (χ3n) is 4.22. The molecule has 2 aromatic carbocycles. The zero-order chi connectivity index (χ0) is 18.9. The van der Waals surface area contributed by atoms with Gasteiger partial charge in [-0.2, -0.15) is 5.26 Å². The summed E-state index contributed by atoms with van der Waals surface area (Å²) in [5.74, 6) is -3.08. The largest absolute Gasteiger partial charge is 0.456 e. The lowest BCUT2D eigenvalue weighted by atomic mass is 9.82. The summed E-state index contributed by atoms with van der Waals surface area (Å²) in [6, 6.07) is 16.5. The smallest absolute Gasteiger partial charge is 0.256 e. The molecule has 3 nitrogen and oxygen atoms in total. The molecule has 7 heteroatoms. The highest BCUT2D eigenvalue weighted by Crippen LogP contribution is 2.52. The van der Waals surface area contributed by atoms with Crippen molar-refractivity contribution in [3.8, 4) is 6.07 Å². The number of hydrogen-bond donors (Lipinski definition) is 1. The van der Waals surface area contributed by atoms with E-state index >= 15 is 0 Å². The summed E-state index contributed by atoms with van der Waals surface area (Å²) >= 11 is 17.9. The van der Waals surface area contributed by atoms with Crippen LogP contribution < -0.4 is 0 Å². The van der Waals surface area contributed by atoms with Gasteiger partial charge >= 0.3 is 0 Å². The summed E-state index contributed by atoms with van der Waals surface area (Å²) in [5.41, 5.74) is 1.43. The summed E-state index contributed by atoms with van der Waals surface area (Å²) in [6.07, 6.45) is -0.172. The Labute approximate surface area is 165 Å². The summed E-state index contributed by atoms with van der Waals surface area (Å²) in [4.78, 5) is 0. The molecule has 3 rings (SSSR count). The molecule has 0 aromatic heterocycles. The molecule has 0 radical (unpaired) electrons. The van der Waals surface area contributed by atoms with Crippen LogP contribution in [-0.2, 0) is 4.74 Å². The molecule has 1 heterocycles. The van der Waals surface area contributed by atoms with Crippen LogP contribution in [0.15, 0.2) is 60.2 Å². The van der Waals surface area contributed by atoms with Crippen LogP contribution in [0.1, 0.15) is 23.5 Å². The Hall–Kier alpha value is -1.77. The van der Waals surface area contributed by atoms with Gasteiger partial charge in [0.2, 0.25) is 0 Å². The van der Waals surface area contributed by atoms with Crippen molar-refractivity contribution in [1.82, 2.24) is 0 Å². The number of nitrogens with zero attached hydrogens (tertiary/aromatic N) is 1. The van der Waals surface area contributed by atoms with E-state index in [-0.39, 0.29) is 17.8 Å². The molecular formula is C19H13Cl3FNO2. The van der Waals surface area contributed by atoms with Gasteiger partial charge in [0.25, 0.3) is 9.58 Å². The average Bonchev–Trinajstić information content (AvgIpc) is 2.61. The lowest BCUT2D eigenvalue weighted by Crippen LogP contribution is -2.48. The van der Waals surface area contributed by atoms with E-state index in [0.29, 0.717) is 11.1 Å². The predicted molar refractivity (Wildman–Crippen MR) is 99.1 cm³/mol. The fourth-order valence-corrected chi connectivity index (χ4v) is 3.24. The van der Waals surface area contributed by atoms with Crippen molar-refractivity contribution in [2.45, 2.75) is 21.9 Å². The van der Waals surface area contributed by atoms with Gasteiger partial charge < -0.3 is 9.84 Å². The van der Waals surface area contributed by atoms with Gasteiger partial charge in [0, 0.05) is 17.9 Å². The minimum absolute atomic E-state index is 0.127. The van der Waals surface area contributed by atoms with Gasteiger partial charge in [0.05, 0.1) is 11.6 Å². The summed E-state index contributed by atoms with van der Waals surface area (Å²) < 4.78 is 16.8. The highest BCUT2D eigenvalue weighted by Gasteiger charge is 2.55. The van der Waals surface area contributed by atoms with Crippen LogP contribution in [0.25, 0.3) is 5.76 Å². The fraction of sp³-hybridized carbons (Fsp3) is 0.211. The number of nitriles is 1. The lowest BCUT2D eigenvalue weighted by molar-refractivity contribution is -0.166. The number of hydrogen-bond acceptors (Lipinski definition) is 3. The first kappa shape index (κ1) is 19.0. The second-order valence-corrected chi connectivity index (χ2v) is 8.19. The van der Waals surface area contributed by atoms with Gasteiger partial charge in [-0.3, -0.25) is 0 Å². The van der Waals surface area contributed by atoms with Gasteiger partial charge in [0.1, 0.15) is 11.6 Å². The third-order valence-corrected chi connectivity index (χ3v) is 5.10. The van der Waals surface area contributed by atoms with Gasteiger partial charge in [0.15, 0.2) is 0 Å². The Morgan fingerprint density at radius 1 is 1.12 bits per heavy atom. The minimum atomic E-state index is -2.16. The van der Waals surface area contributed by atoms with Crippen molar-refractivity contribution in [1.29, 1.82) is 5.26 Å². The summed E-state index contributed by atoms with van der Waals surface area (Å²) in [6.45, 7) is 0. The molecule has 1 aliphatic rings. The van der Waals surface area contributed by atoms with Crippen LogP contribution in [0.2, 0.25) is 0 Å². The molecule has 2 aromatic rings. The number of halogens is 4. The zero-order valence-electron chi connectivity index (χ0n) is 13.3. The molecular weight excluding hydrogens is 400 g/mol. The maximum atomic E-state index is 13.3. The van der Waals surface area contributed by atoms with Crippen molar-refractivity contribution in [2.24, 2.45) is 0 Å². The molecule has 0 unspecified atom stereocenters. The second-order valence-electron chi connectivity index (χ2n) is 5.91. The van der Waals surface area contributed by atoms with Crippen molar-refractivity contribution in [3.63, 3.8) is 0 Å². The van der Waals surface area contributed by atoms with Crippen LogP contribution in [0, 0.1) is 17.1 Å². The standard InChI is InChI=1S/C19H13Cl3FNO2/c20-19(21,22)18(25)10-15(12-6-8-14(23)9-7-12)16(11-24)17(26-18)13-4-2-1-3-5-13/h1-9,15,25H,10H2/t15-,18+/m1/s1. The normalized spacial score (nSPS) is 23.3. The maximum Gasteiger partial charge on any atom is 0.256 e. The van der Waals surface area contributed by atoms with E-state index in [1.165, 1.54) is 24.3 Å². The monoisotopic (exact) mass is 411 g/mol. The molecule has 1 N–H and O–H groups in total. The Kier molecular flexibility index (Phi) is 5.18. The van der Waals surface area contributed by atoms with E-state index in [1.807, 2.05) is 0 Å². The first-order chi connectivity index (χ1) is 12.2. The summed E-state index contributed by atoms with van der Waals surface area (Å²) in [7, 11) is 0. The maximum absolute atomic E-state index is 13.3. The number of benzene rings is 2. The van der Waals surface area contributed by atoms with Crippen molar-refractivity contribution in [2.75, 3.05) is 0 Å². The van der Waals surface area contributed by atoms with E-state index in [1.54, 1.807) is 30.3 Å². The molecule has 1 aliphatic heterocycles. The molecule has 0 aliphatic carbocycles. The Morgan fingerprint density at radius 2 is 1.73 bits per heavy atom. The molecule has 134 valence electrons. The van der Waals surface area contributed by atoms with Crippen LogP contribution in [-0.4, -0.2) is 14.7 Å². The quantitative estimate of drug-likeness (QED) is 0.679. The van der Waals surface area contributed by atoms with E-state index in [2.05, 4.69) is 6.07 Å². The zero-order valence-corrected chi connectivity index (χ0v) is 15.6. The number of ether oxygens (including phenoxy) is 1. The van der Waals surface area contributed by atoms with Crippen LogP contribution in [0.4, 0.5) is 4.39 Å². The van der Waals surface area contributed by atoms with Gasteiger partial charge in [-0.1, -0.05) is 77.3 Å². The van der Waals surface area contributed by atoms with Crippen LogP contribution in [0.3, 0.4) is 0 Å². The molecule has 0 amide bonds. The van der Waals surface area contributed by atoms with Crippen LogP contribution in [0.5, 0.6) is 0 Å². The molecule has 0 bridgehead atoms. The third kappa shape index (κ3) is 3.54. The van der Waals surface area contributed by atoms with Gasteiger partial charge in [-0.15, -0.1) is 0 Å². The number of allylic oxidation sites excluding steroid dienone is 1. The lowest BCUT2D eigenvalue weighted by Gasteiger charge is -2.42. The van der Waals surface area contributed by atoms with E-state index in [4.69, 9.17) is 39.5 Å². The topological polar surface area (TPSA) is 53.2 Å². The minimum Gasteiger partial charge on any atom is -0.456 e. The molecule has 0 spiro atoms. The molecule has 0 saturated carbocycles. The number of rotatable bonds is 2. The first-order valence-corrected chi connectivity index (χ1v) is 8.82. The van der Waals surface area contributed by atoms with Crippen molar-refractivity contribution < 1.29 is 14.2 Å². The second kappa shape index (κ2) is 7.09.